The second-order valence-electron chi connectivity index (χ2n) is 4.83. The van der Waals surface area contributed by atoms with Gasteiger partial charge in [0.25, 0.3) is 5.91 Å². The minimum absolute atomic E-state index is 0.0724. The van der Waals surface area contributed by atoms with Gasteiger partial charge >= 0.3 is 0 Å². The van der Waals surface area contributed by atoms with Crippen LogP contribution in [0.4, 0.5) is 0 Å². The molecule has 0 saturated carbocycles. The van der Waals surface area contributed by atoms with E-state index in [1.165, 1.54) is 34.6 Å². The number of carbonyl (C=O) groups excluding carboxylic acids is 1. The highest BCUT2D eigenvalue weighted by Crippen LogP contribution is 2.30. The number of nitrogens with one attached hydrogen (secondary N) is 1. The van der Waals surface area contributed by atoms with Crippen LogP contribution in [0.3, 0.4) is 0 Å². The van der Waals surface area contributed by atoms with Crippen LogP contribution in [-0.4, -0.2) is 5.91 Å². The molecule has 1 aliphatic carbocycles. The Morgan fingerprint density at radius 2 is 2.20 bits per heavy atom. The highest BCUT2D eigenvalue weighted by Gasteiger charge is 2.15. The number of rotatable bonds is 3. The third-order valence-electron chi connectivity index (χ3n) is 3.40. The molecular weight excluding hydrogens is 405 g/mol. The summed E-state index contributed by atoms with van der Waals surface area (Å²) < 4.78 is 0.954. The van der Waals surface area contributed by atoms with Crippen molar-refractivity contribution in [2.45, 2.75) is 25.8 Å². The molecule has 2 aromatic rings. The molecule has 0 radical (unpaired) electrons. The maximum atomic E-state index is 12.1. The van der Waals surface area contributed by atoms with Crippen molar-refractivity contribution in [3.63, 3.8) is 0 Å². The van der Waals surface area contributed by atoms with Gasteiger partial charge in [-0.1, -0.05) is 11.6 Å². The maximum absolute atomic E-state index is 12.1. The molecule has 1 aromatic carbocycles. The maximum Gasteiger partial charge on any atom is 0.251 e. The van der Waals surface area contributed by atoms with Crippen LogP contribution in [-0.2, 0) is 19.4 Å². The van der Waals surface area contributed by atoms with E-state index in [2.05, 4.69) is 34.0 Å². The lowest BCUT2D eigenvalue weighted by Crippen LogP contribution is -2.22. The molecule has 3 rings (SSSR count). The summed E-state index contributed by atoms with van der Waals surface area (Å²) in [6, 6.07) is 7.61. The van der Waals surface area contributed by atoms with Gasteiger partial charge in [-0.05, 0) is 71.7 Å². The number of hydrogen-bond donors (Lipinski definition) is 1. The van der Waals surface area contributed by atoms with Crippen LogP contribution in [0.1, 0.15) is 32.1 Å². The third-order valence-corrected chi connectivity index (χ3v) is 6.21. The van der Waals surface area contributed by atoms with Crippen LogP contribution >= 0.6 is 45.5 Å². The Labute approximate surface area is 140 Å². The van der Waals surface area contributed by atoms with Gasteiger partial charge < -0.3 is 5.32 Å². The van der Waals surface area contributed by atoms with E-state index in [9.17, 15) is 4.79 Å². The Hall–Kier alpha value is -0.590. The SMILES string of the molecule is O=C(NCc1cc2c(s1)CCC2)c1ccc(I)c(Cl)c1. The molecule has 0 saturated heterocycles. The van der Waals surface area contributed by atoms with Crippen molar-refractivity contribution < 1.29 is 4.79 Å². The van der Waals surface area contributed by atoms with Crippen molar-refractivity contribution >= 4 is 51.4 Å². The van der Waals surface area contributed by atoms with Crippen LogP contribution in [0.25, 0.3) is 0 Å². The number of halogens is 2. The van der Waals surface area contributed by atoms with Crippen LogP contribution in [0.2, 0.25) is 5.02 Å². The first-order chi connectivity index (χ1) is 9.63. The summed E-state index contributed by atoms with van der Waals surface area (Å²) in [4.78, 5) is 14.8. The number of benzene rings is 1. The fourth-order valence-electron chi connectivity index (χ4n) is 2.38. The molecule has 1 aromatic heterocycles. The van der Waals surface area contributed by atoms with E-state index in [-0.39, 0.29) is 5.91 Å². The Kier molecular flexibility index (Phi) is 4.33. The Morgan fingerprint density at radius 3 is 2.95 bits per heavy atom. The summed E-state index contributed by atoms with van der Waals surface area (Å²) in [5.74, 6) is -0.0724. The van der Waals surface area contributed by atoms with Gasteiger partial charge in [-0.3, -0.25) is 4.79 Å². The van der Waals surface area contributed by atoms with Gasteiger partial charge in [-0.2, -0.15) is 0 Å². The average Bonchev–Trinajstić information content (AvgIpc) is 3.00. The Balaban J connectivity index is 1.65. The van der Waals surface area contributed by atoms with Crippen LogP contribution < -0.4 is 5.32 Å². The number of hydrogen-bond acceptors (Lipinski definition) is 2. The second-order valence-corrected chi connectivity index (χ2v) is 7.62. The zero-order chi connectivity index (χ0) is 14.1. The fraction of sp³-hybridized carbons (Fsp3) is 0.267. The first kappa shape index (κ1) is 14.4. The van der Waals surface area contributed by atoms with E-state index < -0.39 is 0 Å². The lowest BCUT2D eigenvalue weighted by Gasteiger charge is -2.05. The van der Waals surface area contributed by atoms with Gasteiger partial charge in [0.05, 0.1) is 11.6 Å². The highest BCUT2D eigenvalue weighted by atomic mass is 127. The lowest BCUT2D eigenvalue weighted by atomic mass is 10.2. The Bertz CT molecular complexity index is 646. The summed E-state index contributed by atoms with van der Waals surface area (Å²) >= 11 is 10.0. The number of fused-ring (bicyclic) bond motifs is 1. The number of aryl methyl sites for hydroxylation is 2. The zero-order valence-electron chi connectivity index (χ0n) is 10.7. The molecule has 0 fully saturated rings. The number of thiophene rings is 1. The van der Waals surface area contributed by atoms with Gasteiger partial charge in [0.15, 0.2) is 0 Å². The van der Waals surface area contributed by atoms with Gasteiger partial charge in [0, 0.05) is 18.9 Å². The molecule has 0 unspecified atom stereocenters. The zero-order valence-corrected chi connectivity index (χ0v) is 14.4. The smallest absolute Gasteiger partial charge is 0.251 e. The normalized spacial score (nSPS) is 13.3. The molecule has 5 heteroatoms. The molecular formula is C15H13ClINOS. The van der Waals surface area contributed by atoms with Gasteiger partial charge in [-0.15, -0.1) is 11.3 Å². The summed E-state index contributed by atoms with van der Waals surface area (Å²) in [5, 5.41) is 3.58. The molecule has 0 atom stereocenters. The summed E-state index contributed by atoms with van der Waals surface area (Å²) in [7, 11) is 0. The van der Waals surface area contributed by atoms with Crippen molar-refractivity contribution in [1.82, 2.24) is 5.32 Å². The van der Waals surface area contributed by atoms with E-state index in [1.807, 2.05) is 17.4 Å². The number of carbonyl (C=O) groups is 1. The van der Waals surface area contributed by atoms with Crippen molar-refractivity contribution in [1.29, 1.82) is 0 Å². The third kappa shape index (κ3) is 3.02. The Morgan fingerprint density at radius 1 is 1.35 bits per heavy atom. The molecule has 2 nitrogen and oxygen atoms in total. The van der Waals surface area contributed by atoms with E-state index in [1.54, 1.807) is 12.1 Å². The number of amides is 1. The van der Waals surface area contributed by atoms with Crippen molar-refractivity contribution in [2.75, 3.05) is 0 Å². The van der Waals surface area contributed by atoms with Crippen molar-refractivity contribution in [3.05, 3.63) is 53.7 Å². The van der Waals surface area contributed by atoms with E-state index in [4.69, 9.17) is 11.6 Å². The van der Waals surface area contributed by atoms with Crippen molar-refractivity contribution in [3.8, 4) is 0 Å². The monoisotopic (exact) mass is 417 g/mol. The van der Waals surface area contributed by atoms with Gasteiger partial charge in [0.1, 0.15) is 0 Å². The van der Waals surface area contributed by atoms with Crippen LogP contribution in [0.5, 0.6) is 0 Å². The highest BCUT2D eigenvalue weighted by molar-refractivity contribution is 14.1. The largest absolute Gasteiger partial charge is 0.347 e. The molecule has 0 bridgehead atoms. The van der Waals surface area contributed by atoms with Crippen LogP contribution in [0, 0.1) is 3.57 Å². The molecule has 20 heavy (non-hydrogen) atoms. The molecule has 1 aliphatic rings. The van der Waals surface area contributed by atoms with E-state index in [0.717, 1.165) is 3.57 Å². The van der Waals surface area contributed by atoms with E-state index in [0.29, 0.717) is 17.1 Å². The molecule has 1 amide bonds. The molecule has 104 valence electrons. The molecule has 0 aliphatic heterocycles. The lowest BCUT2D eigenvalue weighted by molar-refractivity contribution is 0.0951. The standard InChI is InChI=1S/C15H13ClINOS/c16-12-7-10(4-5-13(12)17)15(19)18-8-11-6-9-2-1-3-14(9)20-11/h4-7H,1-3,8H2,(H,18,19). The second kappa shape index (κ2) is 6.03. The predicted octanol–water partition coefficient (Wildman–Crippen LogP) is 4.42. The molecule has 1 heterocycles. The minimum Gasteiger partial charge on any atom is -0.347 e. The fourth-order valence-corrected chi connectivity index (χ4v) is 4.10. The summed E-state index contributed by atoms with van der Waals surface area (Å²) in [6.07, 6.45) is 3.65. The minimum atomic E-state index is -0.0724. The first-order valence-corrected chi connectivity index (χ1v) is 8.74. The van der Waals surface area contributed by atoms with Gasteiger partial charge in [-0.25, -0.2) is 0 Å². The van der Waals surface area contributed by atoms with Crippen LogP contribution in [0.15, 0.2) is 24.3 Å². The van der Waals surface area contributed by atoms with Crippen molar-refractivity contribution in [2.24, 2.45) is 0 Å². The van der Waals surface area contributed by atoms with Gasteiger partial charge in [0.2, 0.25) is 0 Å². The quantitative estimate of drug-likeness (QED) is 0.736. The summed E-state index contributed by atoms with van der Waals surface area (Å²) in [6.45, 7) is 0.597. The topological polar surface area (TPSA) is 29.1 Å². The predicted molar refractivity (Wildman–Crippen MR) is 91.7 cm³/mol. The first-order valence-electron chi connectivity index (χ1n) is 6.47. The van der Waals surface area contributed by atoms with E-state index >= 15 is 0 Å². The molecule has 0 spiro atoms. The average molecular weight is 418 g/mol. The molecule has 1 N–H and O–H groups in total. The summed E-state index contributed by atoms with van der Waals surface area (Å²) in [5.41, 5.74) is 2.08.